The maximum atomic E-state index is 13.1. The smallest absolute Gasteiger partial charge is 0.123 e. The fourth-order valence-corrected chi connectivity index (χ4v) is 4.75. The molecule has 2 heteroatoms. The van der Waals surface area contributed by atoms with E-state index in [1.54, 1.807) is 12.1 Å². The third-order valence-electron chi connectivity index (χ3n) is 4.04. The monoisotopic (exact) mass is 286 g/mol. The van der Waals surface area contributed by atoms with Crippen molar-refractivity contribution in [3.05, 3.63) is 59.9 Å². The Bertz CT molecular complexity index is 574. The van der Waals surface area contributed by atoms with Crippen LogP contribution in [0, 0.1) is 5.82 Å². The largest absolute Gasteiger partial charge is 0.207 e. The second kappa shape index (κ2) is 5.17. The number of hydrogen-bond donors (Lipinski definition) is 0. The summed E-state index contributed by atoms with van der Waals surface area (Å²) < 4.78 is 13.1. The lowest BCUT2D eigenvalue weighted by Crippen LogP contribution is -2.52. The third-order valence-corrected chi connectivity index (χ3v) is 7.59. The first-order valence-electron chi connectivity index (χ1n) is 7.08. The normalized spacial score (nSPS) is 12.5. The number of halogens is 1. The average Bonchev–Trinajstić information content (AvgIpc) is 2.38. The summed E-state index contributed by atoms with van der Waals surface area (Å²) in [5, 5.41) is 2.65. The van der Waals surface area contributed by atoms with Crippen LogP contribution in [0.25, 0.3) is 0 Å². The van der Waals surface area contributed by atoms with Crippen molar-refractivity contribution >= 4 is 18.4 Å². The molecule has 106 valence electrons. The molecule has 0 aromatic heterocycles. The highest BCUT2D eigenvalue weighted by molar-refractivity contribution is 7.00. The zero-order valence-electron chi connectivity index (χ0n) is 13.0. The van der Waals surface area contributed by atoms with Crippen molar-refractivity contribution in [1.29, 1.82) is 0 Å². The highest BCUT2D eigenvalue weighted by atomic mass is 28.3. The van der Waals surface area contributed by atoms with Gasteiger partial charge in [0.2, 0.25) is 0 Å². The van der Waals surface area contributed by atoms with Crippen LogP contribution in [0.15, 0.2) is 48.5 Å². The minimum atomic E-state index is -1.73. The predicted octanol–water partition coefficient (Wildman–Crippen LogP) is 3.95. The van der Waals surface area contributed by atoms with Crippen molar-refractivity contribution in [1.82, 2.24) is 0 Å². The van der Waals surface area contributed by atoms with Gasteiger partial charge in [-0.3, -0.25) is 0 Å². The van der Waals surface area contributed by atoms with Crippen molar-refractivity contribution in [2.24, 2.45) is 0 Å². The Kier molecular flexibility index (Phi) is 3.87. The summed E-state index contributed by atoms with van der Waals surface area (Å²) in [4.78, 5) is 0. The Balaban J connectivity index is 2.37. The van der Waals surface area contributed by atoms with Gasteiger partial charge in [0.05, 0.1) is 0 Å². The molecule has 0 spiro atoms. The van der Waals surface area contributed by atoms with Crippen molar-refractivity contribution in [2.45, 2.75) is 39.3 Å². The third kappa shape index (κ3) is 3.01. The van der Waals surface area contributed by atoms with E-state index >= 15 is 0 Å². The summed E-state index contributed by atoms with van der Waals surface area (Å²) in [7, 11) is -1.73. The van der Waals surface area contributed by atoms with Crippen LogP contribution in [0.1, 0.15) is 26.3 Å². The van der Waals surface area contributed by atoms with Crippen LogP contribution < -0.4 is 10.4 Å². The van der Waals surface area contributed by atoms with E-state index in [2.05, 4.69) is 58.1 Å². The van der Waals surface area contributed by atoms with Gasteiger partial charge in [0.25, 0.3) is 0 Å². The number of rotatable bonds is 2. The first-order valence-corrected chi connectivity index (χ1v) is 10.1. The minimum Gasteiger partial charge on any atom is -0.207 e. The van der Waals surface area contributed by atoms with Crippen LogP contribution in [0.5, 0.6) is 0 Å². The van der Waals surface area contributed by atoms with Gasteiger partial charge in [0, 0.05) is 0 Å². The van der Waals surface area contributed by atoms with Crippen molar-refractivity contribution in [3.63, 3.8) is 0 Å². The van der Waals surface area contributed by atoms with Crippen molar-refractivity contribution in [3.8, 4) is 0 Å². The Morgan fingerprint density at radius 2 is 1.15 bits per heavy atom. The molecule has 0 saturated carbocycles. The topological polar surface area (TPSA) is 0 Å². The molecular formula is C18H23FSi. The molecule has 0 bridgehead atoms. The molecular weight excluding hydrogens is 263 g/mol. The lowest BCUT2D eigenvalue weighted by molar-refractivity contribution is 0.590. The van der Waals surface area contributed by atoms with Gasteiger partial charge < -0.3 is 0 Å². The molecule has 0 aliphatic carbocycles. The van der Waals surface area contributed by atoms with E-state index in [-0.39, 0.29) is 11.2 Å². The van der Waals surface area contributed by atoms with E-state index in [0.29, 0.717) is 0 Å². The molecule has 0 aliphatic rings. The molecule has 0 nitrogen and oxygen atoms in total. The maximum absolute atomic E-state index is 13.1. The summed E-state index contributed by atoms with van der Waals surface area (Å²) in [6.07, 6.45) is 0. The van der Waals surface area contributed by atoms with E-state index in [9.17, 15) is 4.39 Å². The summed E-state index contributed by atoms with van der Waals surface area (Å²) in [5.74, 6) is -0.165. The molecule has 0 heterocycles. The minimum absolute atomic E-state index is 0.165. The highest BCUT2D eigenvalue weighted by Crippen LogP contribution is 2.21. The van der Waals surface area contributed by atoms with Crippen LogP contribution in [0.3, 0.4) is 0 Å². The van der Waals surface area contributed by atoms with Gasteiger partial charge in [-0.05, 0) is 23.1 Å². The molecule has 0 saturated heterocycles. The van der Waals surface area contributed by atoms with Crippen molar-refractivity contribution < 1.29 is 4.39 Å². The highest BCUT2D eigenvalue weighted by Gasteiger charge is 2.26. The summed E-state index contributed by atoms with van der Waals surface area (Å²) >= 11 is 0. The summed E-state index contributed by atoms with van der Waals surface area (Å²) in [5.41, 5.74) is 1.53. The van der Waals surface area contributed by atoms with E-state index in [0.717, 1.165) is 0 Å². The lowest BCUT2D eigenvalue weighted by atomic mass is 9.87. The number of hydrogen-bond acceptors (Lipinski definition) is 0. The standard InChI is InChI=1S/C18H23FSi/c1-18(2,3)14-6-10-16(11-7-14)20(4,5)17-12-8-15(19)9-13-17/h6-13H,1-5H3. The zero-order valence-corrected chi connectivity index (χ0v) is 14.0. The molecule has 0 atom stereocenters. The van der Waals surface area contributed by atoms with Gasteiger partial charge in [-0.1, -0.05) is 80.6 Å². The van der Waals surface area contributed by atoms with Crippen LogP contribution in [0.2, 0.25) is 13.1 Å². The van der Waals surface area contributed by atoms with Gasteiger partial charge in [0.1, 0.15) is 13.9 Å². The molecule has 0 radical (unpaired) electrons. The second-order valence-electron chi connectivity index (χ2n) is 6.96. The summed E-state index contributed by atoms with van der Waals surface area (Å²) in [6, 6.07) is 15.9. The van der Waals surface area contributed by atoms with Gasteiger partial charge in [-0.25, -0.2) is 4.39 Å². The summed E-state index contributed by atoms with van der Waals surface area (Å²) in [6.45, 7) is 11.3. The average molecular weight is 286 g/mol. The SMILES string of the molecule is CC(C)(C)c1ccc([Si](C)(C)c2ccc(F)cc2)cc1. The fourth-order valence-electron chi connectivity index (χ4n) is 2.42. The van der Waals surface area contributed by atoms with Crippen LogP contribution in [-0.4, -0.2) is 8.07 Å². The maximum Gasteiger partial charge on any atom is 0.123 e. The Hall–Kier alpha value is -1.41. The van der Waals surface area contributed by atoms with Gasteiger partial charge in [0.15, 0.2) is 0 Å². The molecule has 0 aliphatic heterocycles. The van der Waals surface area contributed by atoms with E-state index < -0.39 is 8.07 Å². The van der Waals surface area contributed by atoms with Crippen LogP contribution in [-0.2, 0) is 5.41 Å². The molecule has 2 rings (SSSR count). The first kappa shape index (κ1) is 15.0. The molecule has 0 unspecified atom stereocenters. The molecule has 20 heavy (non-hydrogen) atoms. The van der Waals surface area contributed by atoms with E-state index in [1.807, 2.05) is 12.1 Å². The van der Waals surface area contributed by atoms with E-state index in [4.69, 9.17) is 0 Å². The van der Waals surface area contributed by atoms with Crippen LogP contribution in [0.4, 0.5) is 4.39 Å². The molecule has 2 aromatic rings. The lowest BCUT2D eigenvalue weighted by Gasteiger charge is -2.25. The zero-order chi connectivity index (χ0) is 15.0. The molecule has 0 N–H and O–H groups in total. The van der Waals surface area contributed by atoms with Gasteiger partial charge in [-0.15, -0.1) is 0 Å². The Morgan fingerprint density at radius 3 is 1.55 bits per heavy atom. The Morgan fingerprint density at radius 1 is 0.750 bits per heavy atom. The first-order chi connectivity index (χ1) is 9.21. The quantitative estimate of drug-likeness (QED) is 0.733. The second-order valence-corrected chi connectivity index (χ2v) is 11.4. The van der Waals surface area contributed by atoms with Crippen molar-refractivity contribution in [2.75, 3.05) is 0 Å². The predicted molar refractivity (Wildman–Crippen MR) is 88.3 cm³/mol. The Labute approximate surface area is 122 Å². The van der Waals surface area contributed by atoms with Gasteiger partial charge >= 0.3 is 0 Å². The molecule has 0 fully saturated rings. The van der Waals surface area contributed by atoms with E-state index in [1.165, 1.54) is 15.9 Å². The van der Waals surface area contributed by atoms with Crippen LogP contribution >= 0.6 is 0 Å². The molecule has 0 amide bonds. The fraction of sp³-hybridized carbons (Fsp3) is 0.333. The van der Waals surface area contributed by atoms with Gasteiger partial charge in [-0.2, -0.15) is 0 Å². The number of benzene rings is 2. The molecule has 2 aromatic carbocycles.